The van der Waals surface area contributed by atoms with Gasteiger partial charge in [-0.05, 0) is 42.3 Å². The van der Waals surface area contributed by atoms with E-state index < -0.39 is 11.1 Å². The summed E-state index contributed by atoms with van der Waals surface area (Å²) in [5.74, 6) is -0.170. The number of nitrogens with zero attached hydrogens (tertiary/aromatic N) is 2. The van der Waals surface area contributed by atoms with E-state index in [1.54, 1.807) is 30.3 Å². The van der Waals surface area contributed by atoms with E-state index in [2.05, 4.69) is 11.9 Å². The Bertz CT molecular complexity index is 1430. The Balaban J connectivity index is 1.55. The minimum absolute atomic E-state index is 0.170. The van der Waals surface area contributed by atoms with Crippen LogP contribution in [-0.4, -0.2) is 15.0 Å². The second-order valence-electron chi connectivity index (χ2n) is 7.95. The molecule has 1 aromatic heterocycles. The lowest BCUT2D eigenvalue weighted by Gasteiger charge is -2.14. The molecule has 4 rings (SSSR count). The number of amides is 1. The largest absolute Gasteiger partial charge is 0.348 e. The molecule has 0 fully saturated rings. The average Bonchev–Trinajstić information content (AvgIpc) is 2.84. The fourth-order valence-electron chi connectivity index (χ4n) is 3.77. The van der Waals surface area contributed by atoms with E-state index in [0.29, 0.717) is 23.1 Å². The van der Waals surface area contributed by atoms with Crippen molar-refractivity contribution in [3.05, 3.63) is 128 Å². The third kappa shape index (κ3) is 4.70. The maximum atomic E-state index is 12.8. The number of carbonyl (C=O) groups is 1. The highest BCUT2D eigenvalue weighted by Gasteiger charge is 2.13. The van der Waals surface area contributed by atoms with Crippen molar-refractivity contribution in [2.24, 2.45) is 0 Å². The molecule has 33 heavy (non-hydrogen) atoms. The average molecular weight is 440 g/mol. The summed E-state index contributed by atoms with van der Waals surface area (Å²) in [4.78, 5) is 38.0. The number of hydrogen-bond acceptors (Lipinski definition) is 3. The van der Waals surface area contributed by atoms with Crippen molar-refractivity contribution in [2.45, 2.75) is 26.6 Å². The van der Waals surface area contributed by atoms with Crippen molar-refractivity contribution in [3.63, 3.8) is 0 Å². The number of benzene rings is 3. The molecule has 0 radical (unpaired) electrons. The third-order valence-corrected chi connectivity index (χ3v) is 5.58. The van der Waals surface area contributed by atoms with Gasteiger partial charge >= 0.3 is 11.1 Å². The van der Waals surface area contributed by atoms with E-state index in [1.807, 2.05) is 55.5 Å². The molecule has 1 N–H and O–H groups in total. The van der Waals surface area contributed by atoms with Crippen LogP contribution in [0.5, 0.6) is 0 Å². The molecule has 0 aliphatic rings. The first-order valence-electron chi connectivity index (χ1n) is 10.7. The normalized spacial score (nSPS) is 10.8. The molecule has 0 aliphatic carbocycles. The molecule has 6 heteroatoms. The fourth-order valence-corrected chi connectivity index (χ4v) is 3.77. The lowest BCUT2D eigenvalue weighted by Crippen LogP contribution is -2.41. The highest BCUT2D eigenvalue weighted by molar-refractivity contribution is 5.94. The Morgan fingerprint density at radius 3 is 2.06 bits per heavy atom. The number of carbonyl (C=O) groups excluding carboxylic acids is 1. The molecule has 1 amide bonds. The molecule has 0 saturated heterocycles. The first-order chi connectivity index (χ1) is 16.0. The minimum Gasteiger partial charge on any atom is -0.348 e. The van der Waals surface area contributed by atoms with Gasteiger partial charge in [-0.25, -0.2) is 0 Å². The van der Waals surface area contributed by atoms with Crippen LogP contribution in [0, 0.1) is 6.92 Å². The van der Waals surface area contributed by atoms with Gasteiger partial charge in [0.25, 0.3) is 5.91 Å². The van der Waals surface area contributed by atoms with E-state index in [4.69, 9.17) is 0 Å². The number of hydrogen-bond donors (Lipinski definition) is 1. The van der Waals surface area contributed by atoms with Crippen LogP contribution in [0.2, 0.25) is 0 Å². The smallest absolute Gasteiger partial charge is 0.317 e. The molecule has 0 bridgehead atoms. The van der Waals surface area contributed by atoms with Crippen LogP contribution in [0.15, 0.2) is 95.0 Å². The predicted molar refractivity (Wildman–Crippen MR) is 131 cm³/mol. The zero-order valence-corrected chi connectivity index (χ0v) is 18.5. The molecule has 4 aromatic rings. The first-order valence-corrected chi connectivity index (χ1v) is 10.7. The van der Waals surface area contributed by atoms with Gasteiger partial charge in [0.1, 0.15) is 0 Å². The molecular formula is C27H25N3O3. The zero-order valence-electron chi connectivity index (χ0n) is 18.5. The Morgan fingerprint density at radius 1 is 0.848 bits per heavy atom. The van der Waals surface area contributed by atoms with Crippen molar-refractivity contribution in [3.8, 4) is 0 Å². The van der Waals surface area contributed by atoms with E-state index in [9.17, 15) is 14.4 Å². The molecule has 0 saturated carbocycles. The molecular weight excluding hydrogens is 414 g/mol. The van der Waals surface area contributed by atoms with E-state index in [1.165, 1.54) is 14.7 Å². The van der Waals surface area contributed by atoms with Crippen LogP contribution < -0.4 is 16.4 Å². The molecule has 0 aliphatic heterocycles. The highest BCUT2D eigenvalue weighted by Crippen LogP contribution is 2.13. The number of nitrogens with one attached hydrogen (secondary N) is 1. The van der Waals surface area contributed by atoms with E-state index in [0.717, 1.165) is 11.1 Å². The van der Waals surface area contributed by atoms with Crippen LogP contribution in [0.25, 0.3) is 11.0 Å². The summed E-state index contributed by atoms with van der Waals surface area (Å²) in [6, 6.07) is 22.4. The van der Waals surface area contributed by atoms with Crippen LogP contribution in [-0.2, 0) is 19.6 Å². The van der Waals surface area contributed by atoms with Gasteiger partial charge in [0.2, 0.25) is 0 Å². The molecule has 3 aromatic carbocycles. The molecule has 0 spiro atoms. The maximum absolute atomic E-state index is 12.8. The summed E-state index contributed by atoms with van der Waals surface area (Å²) in [5.41, 5.74) is 3.73. The Kier molecular flexibility index (Phi) is 6.36. The van der Waals surface area contributed by atoms with Gasteiger partial charge in [-0.2, -0.15) is 0 Å². The van der Waals surface area contributed by atoms with Gasteiger partial charge in [0.05, 0.1) is 17.6 Å². The number of fused-ring (bicyclic) bond motifs is 1. The van der Waals surface area contributed by atoms with Crippen molar-refractivity contribution >= 4 is 16.9 Å². The number of aryl methyl sites for hydroxylation is 1. The van der Waals surface area contributed by atoms with E-state index in [-0.39, 0.29) is 19.0 Å². The monoisotopic (exact) mass is 439 g/mol. The van der Waals surface area contributed by atoms with Crippen molar-refractivity contribution in [2.75, 3.05) is 0 Å². The maximum Gasteiger partial charge on any atom is 0.317 e. The number of rotatable bonds is 7. The van der Waals surface area contributed by atoms with Crippen LogP contribution in [0.4, 0.5) is 0 Å². The first kappa shape index (κ1) is 22.0. The lowest BCUT2D eigenvalue weighted by molar-refractivity contribution is 0.0951. The lowest BCUT2D eigenvalue weighted by atomic mass is 10.1. The number of allylic oxidation sites excluding steroid dienone is 1. The standard InChI is InChI=1S/C27H25N3O3/c1-3-16-29-23-6-4-5-7-24(23)30(27(33)26(29)32)18-21-12-14-22(15-13-21)25(31)28-17-20-10-8-19(2)9-11-20/h3-15H,1,16-18H2,2H3,(H,28,31). The summed E-state index contributed by atoms with van der Waals surface area (Å²) in [5, 5.41) is 2.92. The van der Waals surface area contributed by atoms with Crippen molar-refractivity contribution < 1.29 is 4.79 Å². The summed E-state index contributed by atoms with van der Waals surface area (Å²) < 4.78 is 2.91. The van der Waals surface area contributed by atoms with Gasteiger partial charge in [0.15, 0.2) is 0 Å². The summed E-state index contributed by atoms with van der Waals surface area (Å²) in [7, 11) is 0. The molecule has 1 heterocycles. The quantitative estimate of drug-likeness (QED) is 0.353. The summed E-state index contributed by atoms with van der Waals surface area (Å²) >= 11 is 0. The second kappa shape index (κ2) is 9.53. The highest BCUT2D eigenvalue weighted by atomic mass is 16.2. The Hall–Kier alpha value is -4.19. The van der Waals surface area contributed by atoms with Gasteiger partial charge in [-0.15, -0.1) is 6.58 Å². The molecule has 0 atom stereocenters. The van der Waals surface area contributed by atoms with Gasteiger partial charge in [-0.3, -0.25) is 23.5 Å². The topological polar surface area (TPSA) is 73.1 Å². The second-order valence-corrected chi connectivity index (χ2v) is 7.95. The summed E-state index contributed by atoms with van der Waals surface area (Å²) in [6.45, 7) is 6.64. The van der Waals surface area contributed by atoms with Gasteiger partial charge in [0, 0.05) is 18.7 Å². The van der Waals surface area contributed by atoms with Crippen LogP contribution >= 0.6 is 0 Å². The predicted octanol–water partition coefficient (Wildman–Crippen LogP) is 3.64. The number of para-hydroxylation sites is 2. The number of aromatic nitrogens is 2. The van der Waals surface area contributed by atoms with E-state index >= 15 is 0 Å². The minimum atomic E-state index is -0.588. The SMILES string of the molecule is C=CCn1c(=O)c(=O)n(Cc2ccc(C(=O)NCc3ccc(C)cc3)cc2)c2ccccc21. The van der Waals surface area contributed by atoms with Gasteiger partial charge < -0.3 is 5.32 Å². The Labute approximate surface area is 191 Å². The van der Waals surface area contributed by atoms with Gasteiger partial charge in [-0.1, -0.05) is 60.2 Å². The summed E-state index contributed by atoms with van der Waals surface area (Å²) in [6.07, 6.45) is 1.60. The van der Waals surface area contributed by atoms with Crippen molar-refractivity contribution in [1.29, 1.82) is 0 Å². The third-order valence-electron chi connectivity index (χ3n) is 5.58. The molecule has 166 valence electrons. The molecule has 0 unspecified atom stereocenters. The Morgan fingerprint density at radius 2 is 1.42 bits per heavy atom. The fraction of sp³-hybridized carbons (Fsp3) is 0.148. The van der Waals surface area contributed by atoms with Crippen LogP contribution in [0.3, 0.4) is 0 Å². The van der Waals surface area contributed by atoms with Crippen molar-refractivity contribution in [1.82, 2.24) is 14.5 Å². The molecule has 6 nitrogen and oxygen atoms in total. The zero-order chi connectivity index (χ0) is 23.4. The van der Waals surface area contributed by atoms with Crippen LogP contribution in [0.1, 0.15) is 27.0 Å².